The highest BCUT2D eigenvalue weighted by Crippen LogP contribution is 2.28. The third-order valence-electron chi connectivity index (χ3n) is 6.32. The van der Waals surface area contributed by atoms with Gasteiger partial charge in [0.1, 0.15) is 11.5 Å². The van der Waals surface area contributed by atoms with Crippen LogP contribution in [0.2, 0.25) is 0 Å². The molecule has 39 heavy (non-hydrogen) atoms. The molecule has 5 rings (SSSR count). The fraction of sp³-hybridized carbons (Fsp3) is 0.0625. The molecule has 5 aromatic carbocycles. The molecular formula is C32H26O5S2. The van der Waals surface area contributed by atoms with Gasteiger partial charge in [0.25, 0.3) is 0 Å². The van der Waals surface area contributed by atoms with Crippen LogP contribution in [0.4, 0.5) is 0 Å². The second-order valence-electron chi connectivity index (χ2n) is 9.17. The van der Waals surface area contributed by atoms with Gasteiger partial charge in [-0.05, 0) is 97.3 Å². The van der Waals surface area contributed by atoms with Crippen molar-refractivity contribution >= 4 is 19.7 Å². The van der Waals surface area contributed by atoms with Crippen LogP contribution < -0.4 is 4.74 Å². The summed E-state index contributed by atoms with van der Waals surface area (Å²) >= 11 is 0. The second-order valence-corrected chi connectivity index (χ2v) is 13.1. The Kier molecular flexibility index (Phi) is 7.37. The number of ether oxygens (including phenoxy) is 1. The van der Waals surface area contributed by atoms with Crippen LogP contribution in [0.15, 0.2) is 147 Å². The highest BCUT2D eigenvalue weighted by molar-refractivity contribution is 7.91. The van der Waals surface area contributed by atoms with Crippen molar-refractivity contribution in [2.24, 2.45) is 0 Å². The van der Waals surface area contributed by atoms with Crippen LogP contribution in [0, 0.1) is 6.92 Å². The first-order valence-corrected chi connectivity index (χ1v) is 15.3. The lowest BCUT2D eigenvalue weighted by Crippen LogP contribution is -2.02. The fourth-order valence-corrected chi connectivity index (χ4v) is 6.64. The summed E-state index contributed by atoms with van der Waals surface area (Å²) in [5.74, 6) is 0.865. The Balaban J connectivity index is 1.27. The smallest absolute Gasteiger partial charge is 0.206 e. The number of hydrogen-bond acceptors (Lipinski definition) is 5. The predicted octanol–water partition coefficient (Wildman–Crippen LogP) is 7.04. The number of rotatable bonds is 8. The number of sulfone groups is 2. The minimum absolute atomic E-state index is 0.158. The van der Waals surface area contributed by atoms with E-state index < -0.39 is 19.7 Å². The van der Waals surface area contributed by atoms with Gasteiger partial charge < -0.3 is 4.74 Å². The topological polar surface area (TPSA) is 77.5 Å². The zero-order valence-corrected chi connectivity index (χ0v) is 22.8. The van der Waals surface area contributed by atoms with Crippen LogP contribution in [0.3, 0.4) is 0 Å². The first-order valence-electron chi connectivity index (χ1n) is 12.3. The SMILES string of the molecule is Cc1ccc(S(=O)(=O)c2ccc(Oc3ccc(S(=O)(=O)c4ccc(Cc5ccccc5)cc4)cc3)cc2)cc1. The highest BCUT2D eigenvalue weighted by atomic mass is 32.2. The van der Waals surface area contributed by atoms with Crippen molar-refractivity contribution in [2.75, 3.05) is 0 Å². The van der Waals surface area contributed by atoms with E-state index in [9.17, 15) is 16.8 Å². The highest BCUT2D eigenvalue weighted by Gasteiger charge is 2.19. The molecule has 0 amide bonds. The maximum atomic E-state index is 13.1. The van der Waals surface area contributed by atoms with Gasteiger partial charge in [-0.15, -0.1) is 0 Å². The van der Waals surface area contributed by atoms with Crippen molar-refractivity contribution in [1.29, 1.82) is 0 Å². The van der Waals surface area contributed by atoms with E-state index in [-0.39, 0.29) is 19.6 Å². The van der Waals surface area contributed by atoms with Crippen LogP contribution >= 0.6 is 0 Å². The standard InChI is InChI=1S/C32H26O5S2/c1-24-7-15-29(16-8-24)38(33,34)31-19-11-27(12-20-31)37-28-13-21-32(22-14-28)39(35,36)30-17-9-26(10-18-30)23-25-5-3-2-4-6-25/h2-22H,23H2,1H3. The van der Waals surface area contributed by atoms with Gasteiger partial charge in [-0.3, -0.25) is 0 Å². The average Bonchev–Trinajstić information content (AvgIpc) is 2.95. The van der Waals surface area contributed by atoms with Crippen LogP contribution in [-0.4, -0.2) is 16.8 Å². The Hall–Kier alpha value is -4.20. The monoisotopic (exact) mass is 554 g/mol. The van der Waals surface area contributed by atoms with Gasteiger partial charge in [-0.25, -0.2) is 16.8 Å². The zero-order valence-electron chi connectivity index (χ0n) is 21.2. The normalized spacial score (nSPS) is 11.7. The molecule has 0 aromatic heterocycles. The van der Waals surface area contributed by atoms with Gasteiger partial charge in [0.15, 0.2) is 0 Å². The molecule has 0 atom stereocenters. The van der Waals surface area contributed by atoms with E-state index in [1.54, 1.807) is 60.7 Å². The molecule has 0 saturated carbocycles. The quantitative estimate of drug-likeness (QED) is 0.206. The predicted molar refractivity (Wildman–Crippen MR) is 151 cm³/mol. The fourth-order valence-electron chi connectivity index (χ4n) is 4.12. The summed E-state index contributed by atoms with van der Waals surface area (Å²) in [7, 11) is -7.33. The molecule has 196 valence electrons. The molecular weight excluding hydrogens is 528 g/mol. The summed E-state index contributed by atoms with van der Waals surface area (Å²) in [5, 5.41) is 0. The maximum absolute atomic E-state index is 13.1. The lowest BCUT2D eigenvalue weighted by atomic mass is 10.1. The molecule has 0 bridgehead atoms. The zero-order chi connectivity index (χ0) is 27.5. The van der Waals surface area contributed by atoms with Crippen molar-refractivity contribution < 1.29 is 21.6 Å². The molecule has 0 heterocycles. The van der Waals surface area contributed by atoms with Crippen molar-refractivity contribution in [3.05, 3.63) is 144 Å². The summed E-state index contributed by atoms with van der Waals surface area (Å²) in [6.45, 7) is 1.90. The molecule has 0 aliphatic carbocycles. The molecule has 0 N–H and O–H groups in total. The third kappa shape index (κ3) is 5.95. The summed E-state index contributed by atoms with van der Waals surface area (Å²) in [4.78, 5) is 0.767. The molecule has 0 spiro atoms. The maximum Gasteiger partial charge on any atom is 0.206 e. The Morgan fingerprint density at radius 1 is 0.462 bits per heavy atom. The van der Waals surface area contributed by atoms with Crippen LogP contribution in [0.5, 0.6) is 11.5 Å². The van der Waals surface area contributed by atoms with Crippen molar-refractivity contribution in [2.45, 2.75) is 32.9 Å². The molecule has 7 heteroatoms. The van der Waals surface area contributed by atoms with E-state index in [2.05, 4.69) is 0 Å². The third-order valence-corrected chi connectivity index (χ3v) is 9.89. The van der Waals surface area contributed by atoms with Crippen LogP contribution in [-0.2, 0) is 26.1 Å². The average molecular weight is 555 g/mol. The summed E-state index contributed by atoms with van der Waals surface area (Å²) in [5.41, 5.74) is 3.17. The molecule has 0 aliphatic heterocycles. The summed E-state index contributed by atoms with van der Waals surface area (Å²) in [6, 6.07) is 35.9. The van der Waals surface area contributed by atoms with Crippen LogP contribution in [0.1, 0.15) is 16.7 Å². The van der Waals surface area contributed by atoms with E-state index in [1.807, 2.05) is 49.4 Å². The van der Waals surface area contributed by atoms with Gasteiger partial charge in [-0.1, -0.05) is 60.2 Å². The Morgan fingerprint density at radius 2 is 0.821 bits per heavy atom. The summed E-state index contributed by atoms with van der Waals surface area (Å²) in [6.07, 6.45) is 0.728. The minimum Gasteiger partial charge on any atom is -0.457 e. The van der Waals surface area contributed by atoms with Crippen molar-refractivity contribution in [3.8, 4) is 11.5 Å². The van der Waals surface area contributed by atoms with Crippen LogP contribution in [0.25, 0.3) is 0 Å². The van der Waals surface area contributed by atoms with Crippen molar-refractivity contribution in [3.63, 3.8) is 0 Å². The van der Waals surface area contributed by atoms with E-state index >= 15 is 0 Å². The van der Waals surface area contributed by atoms with E-state index in [1.165, 1.54) is 24.3 Å². The van der Waals surface area contributed by atoms with Gasteiger partial charge in [0.2, 0.25) is 19.7 Å². The van der Waals surface area contributed by atoms with Gasteiger partial charge in [-0.2, -0.15) is 0 Å². The van der Waals surface area contributed by atoms with Gasteiger partial charge in [0.05, 0.1) is 19.6 Å². The lowest BCUT2D eigenvalue weighted by Gasteiger charge is -2.10. The largest absolute Gasteiger partial charge is 0.457 e. The number of aryl methyl sites for hydroxylation is 1. The molecule has 0 saturated heterocycles. The molecule has 5 aromatic rings. The molecule has 0 fully saturated rings. The summed E-state index contributed by atoms with van der Waals surface area (Å²) < 4.78 is 57.8. The Labute approximate surface area is 229 Å². The lowest BCUT2D eigenvalue weighted by molar-refractivity contribution is 0.481. The molecule has 5 nitrogen and oxygen atoms in total. The molecule has 0 aliphatic rings. The van der Waals surface area contributed by atoms with E-state index in [4.69, 9.17) is 4.74 Å². The Bertz CT molecular complexity index is 1780. The number of hydrogen-bond donors (Lipinski definition) is 0. The van der Waals surface area contributed by atoms with Crippen molar-refractivity contribution in [1.82, 2.24) is 0 Å². The second kappa shape index (κ2) is 10.9. The number of benzene rings is 5. The first-order chi connectivity index (χ1) is 18.7. The van der Waals surface area contributed by atoms with Gasteiger partial charge in [0, 0.05) is 0 Å². The molecule has 0 radical (unpaired) electrons. The van der Waals surface area contributed by atoms with E-state index in [0.717, 1.165) is 23.1 Å². The van der Waals surface area contributed by atoms with E-state index in [0.29, 0.717) is 11.5 Å². The minimum atomic E-state index is -3.69. The Morgan fingerprint density at radius 3 is 1.26 bits per heavy atom. The van der Waals surface area contributed by atoms with Gasteiger partial charge >= 0.3 is 0 Å². The first kappa shape index (κ1) is 26.4. The molecule has 0 unspecified atom stereocenters.